The van der Waals surface area contributed by atoms with E-state index >= 15 is 0 Å². The summed E-state index contributed by atoms with van der Waals surface area (Å²) in [5.74, 6) is -0.877. The summed E-state index contributed by atoms with van der Waals surface area (Å²) in [6, 6.07) is 11.4. The Morgan fingerprint density at radius 3 is 2.37 bits per heavy atom. The number of alkyl halides is 2. The summed E-state index contributed by atoms with van der Waals surface area (Å²) >= 11 is 0. The molecule has 2 rings (SSSR count). The van der Waals surface area contributed by atoms with Gasteiger partial charge in [-0.1, -0.05) is 29.8 Å². The van der Waals surface area contributed by atoms with Gasteiger partial charge in [0.05, 0.1) is 5.56 Å². The lowest BCUT2D eigenvalue weighted by Crippen LogP contribution is -2.30. The Bertz CT molecular complexity index is 806. The maximum absolute atomic E-state index is 12.2. The second kappa shape index (κ2) is 9.12. The van der Waals surface area contributed by atoms with Crippen LogP contribution in [0.5, 0.6) is 5.75 Å². The molecule has 7 heteroatoms. The third kappa shape index (κ3) is 6.06. The fraction of sp³-hybridized carbons (Fsp3) is 0.300. The second-order valence-electron chi connectivity index (χ2n) is 6.17. The first-order valence-electron chi connectivity index (χ1n) is 8.28. The van der Waals surface area contributed by atoms with E-state index < -0.39 is 12.6 Å². The van der Waals surface area contributed by atoms with Crippen molar-refractivity contribution in [2.75, 3.05) is 13.7 Å². The Morgan fingerprint density at radius 2 is 1.74 bits per heavy atom. The minimum absolute atomic E-state index is 0.0465. The molecule has 0 atom stereocenters. The predicted molar refractivity (Wildman–Crippen MR) is 95.7 cm³/mol. The molecule has 0 fully saturated rings. The van der Waals surface area contributed by atoms with Gasteiger partial charge in [0, 0.05) is 13.6 Å². The van der Waals surface area contributed by atoms with E-state index in [4.69, 9.17) is 4.74 Å². The number of amides is 1. The minimum atomic E-state index is -2.88. The Hall–Kier alpha value is -2.96. The van der Waals surface area contributed by atoms with Crippen molar-refractivity contribution in [3.8, 4) is 5.75 Å². The highest BCUT2D eigenvalue weighted by molar-refractivity contribution is 5.92. The van der Waals surface area contributed by atoms with Crippen LogP contribution >= 0.6 is 0 Å². The number of likely N-dealkylation sites (N-methyl/N-ethyl adjacent to an activating group) is 1. The van der Waals surface area contributed by atoms with E-state index in [1.165, 1.54) is 17.0 Å². The molecule has 0 unspecified atom stereocenters. The molecule has 2 aromatic carbocycles. The lowest BCUT2D eigenvalue weighted by atomic mass is 10.1. The summed E-state index contributed by atoms with van der Waals surface area (Å²) in [5.41, 5.74) is 2.86. The predicted octanol–water partition coefficient (Wildman–Crippen LogP) is 3.72. The number of hydrogen-bond donors (Lipinski definition) is 0. The summed E-state index contributed by atoms with van der Waals surface area (Å²) in [7, 11) is 1.57. The monoisotopic (exact) mass is 377 g/mol. The molecular weight excluding hydrogens is 356 g/mol. The van der Waals surface area contributed by atoms with Crippen molar-refractivity contribution in [3.63, 3.8) is 0 Å². The fourth-order valence-electron chi connectivity index (χ4n) is 2.41. The molecule has 27 heavy (non-hydrogen) atoms. The molecule has 0 radical (unpaired) electrons. The minimum Gasteiger partial charge on any atom is -0.452 e. The average molecular weight is 377 g/mol. The molecule has 0 aliphatic rings. The molecule has 0 bridgehead atoms. The number of esters is 1. The van der Waals surface area contributed by atoms with Gasteiger partial charge in [-0.15, -0.1) is 0 Å². The van der Waals surface area contributed by atoms with Gasteiger partial charge in [-0.2, -0.15) is 8.78 Å². The smallest absolute Gasteiger partial charge is 0.387 e. The molecule has 0 aromatic heterocycles. The molecule has 1 amide bonds. The summed E-state index contributed by atoms with van der Waals surface area (Å²) in [6.45, 7) is 0.647. The Labute approximate surface area is 156 Å². The molecule has 0 saturated heterocycles. The van der Waals surface area contributed by atoms with Gasteiger partial charge < -0.3 is 14.4 Å². The molecule has 2 aromatic rings. The highest BCUT2D eigenvalue weighted by Gasteiger charge is 2.15. The molecule has 0 N–H and O–H groups in total. The van der Waals surface area contributed by atoms with Crippen LogP contribution in [0.15, 0.2) is 42.5 Å². The first-order chi connectivity index (χ1) is 12.8. The van der Waals surface area contributed by atoms with Crippen molar-refractivity contribution in [2.24, 2.45) is 0 Å². The van der Waals surface area contributed by atoms with E-state index in [2.05, 4.69) is 4.74 Å². The normalized spacial score (nSPS) is 10.6. The third-order valence-electron chi connectivity index (χ3n) is 3.93. The van der Waals surface area contributed by atoms with E-state index in [1.54, 1.807) is 32.2 Å². The number of aryl methyl sites for hydroxylation is 2. The number of rotatable bonds is 7. The van der Waals surface area contributed by atoms with E-state index in [-0.39, 0.29) is 24.8 Å². The van der Waals surface area contributed by atoms with E-state index in [9.17, 15) is 18.4 Å². The van der Waals surface area contributed by atoms with Gasteiger partial charge in [0.25, 0.3) is 5.91 Å². The van der Waals surface area contributed by atoms with Crippen LogP contribution in [0.25, 0.3) is 0 Å². The average Bonchev–Trinajstić information content (AvgIpc) is 2.62. The van der Waals surface area contributed by atoms with Crippen LogP contribution in [-0.2, 0) is 16.1 Å². The number of benzene rings is 2. The van der Waals surface area contributed by atoms with Crippen LogP contribution in [0.1, 0.15) is 27.0 Å². The maximum atomic E-state index is 12.2. The number of halogens is 2. The Morgan fingerprint density at radius 1 is 1.07 bits per heavy atom. The SMILES string of the molecule is Cc1ccc(C)c(C(=O)OCC(=O)N(C)Cc2ccc(OC(F)F)cc2)c1. The standard InChI is InChI=1S/C20H21F2NO4/c1-13-4-5-14(2)17(10-13)19(25)26-12-18(24)23(3)11-15-6-8-16(9-7-15)27-20(21)22/h4-10,20H,11-12H2,1-3H3. The van der Waals surface area contributed by atoms with E-state index in [1.807, 2.05) is 19.1 Å². The van der Waals surface area contributed by atoms with E-state index in [0.717, 1.165) is 16.7 Å². The number of nitrogens with zero attached hydrogens (tertiary/aromatic N) is 1. The highest BCUT2D eigenvalue weighted by Crippen LogP contribution is 2.16. The molecule has 144 valence electrons. The van der Waals surface area contributed by atoms with Crippen LogP contribution in [0.4, 0.5) is 8.78 Å². The lowest BCUT2D eigenvalue weighted by molar-refractivity contribution is -0.133. The van der Waals surface area contributed by atoms with Crippen molar-refractivity contribution < 1.29 is 27.8 Å². The van der Waals surface area contributed by atoms with Gasteiger partial charge >= 0.3 is 12.6 Å². The summed E-state index contributed by atoms with van der Waals surface area (Å²) in [4.78, 5) is 25.7. The van der Waals surface area contributed by atoms with E-state index in [0.29, 0.717) is 5.56 Å². The topological polar surface area (TPSA) is 55.8 Å². The summed E-state index contributed by atoms with van der Waals surface area (Å²) in [5, 5.41) is 0. The lowest BCUT2D eigenvalue weighted by Gasteiger charge is -2.17. The molecular formula is C20H21F2NO4. The Balaban J connectivity index is 1.88. The molecule has 0 spiro atoms. The fourth-order valence-corrected chi connectivity index (χ4v) is 2.41. The number of carbonyl (C=O) groups is 2. The molecule has 0 saturated carbocycles. The van der Waals surface area contributed by atoms with Crippen molar-refractivity contribution in [3.05, 3.63) is 64.7 Å². The largest absolute Gasteiger partial charge is 0.452 e. The number of ether oxygens (including phenoxy) is 2. The van der Waals surface area contributed by atoms with Crippen molar-refractivity contribution >= 4 is 11.9 Å². The summed E-state index contributed by atoms with van der Waals surface area (Å²) < 4.78 is 33.7. The third-order valence-corrected chi connectivity index (χ3v) is 3.93. The zero-order valence-electron chi connectivity index (χ0n) is 15.4. The quantitative estimate of drug-likeness (QED) is 0.690. The summed E-state index contributed by atoms with van der Waals surface area (Å²) in [6.07, 6.45) is 0. The van der Waals surface area contributed by atoms with Gasteiger partial charge in [0.1, 0.15) is 5.75 Å². The molecule has 0 aliphatic carbocycles. The molecule has 0 aliphatic heterocycles. The van der Waals surface area contributed by atoms with Gasteiger partial charge in [0.15, 0.2) is 6.61 Å². The first-order valence-corrected chi connectivity index (χ1v) is 8.28. The van der Waals surface area contributed by atoms with Gasteiger partial charge in [-0.3, -0.25) is 4.79 Å². The molecule has 5 nitrogen and oxygen atoms in total. The van der Waals surface area contributed by atoms with Gasteiger partial charge in [0.2, 0.25) is 0 Å². The maximum Gasteiger partial charge on any atom is 0.387 e. The Kier molecular flexibility index (Phi) is 6.87. The second-order valence-corrected chi connectivity index (χ2v) is 6.17. The first kappa shape index (κ1) is 20.4. The zero-order chi connectivity index (χ0) is 20.0. The van der Waals surface area contributed by atoms with Gasteiger partial charge in [-0.25, -0.2) is 4.79 Å². The van der Waals surface area contributed by atoms with Crippen LogP contribution in [0, 0.1) is 13.8 Å². The van der Waals surface area contributed by atoms with Crippen LogP contribution < -0.4 is 4.74 Å². The zero-order valence-corrected chi connectivity index (χ0v) is 15.4. The van der Waals surface area contributed by atoms with Crippen LogP contribution in [0.2, 0.25) is 0 Å². The van der Waals surface area contributed by atoms with Crippen LogP contribution in [0.3, 0.4) is 0 Å². The molecule has 0 heterocycles. The van der Waals surface area contributed by atoms with Gasteiger partial charge in [-0.05, 0) is 43.2 Å². The highest BCUT2D eigenvalue weighted by atomic mass is 19.3. The van der Waals surface area contributed by atoms with Crippen molar-refractivity contribution in [1.82, 2.24) is 4.90 Å². The van der Waals surface area contributed by atoms with Crippen LogP contribution in [-0.4, -0.2) is 37.0 Å². The van der Waals surface area contributed by atoms with Crippen molar-refractivity contribution in [1.29, 1.82) is 0 Å². The van der Waals surface area contributed by atoms with Crippen molar-refractivity contribution in [2.45, 2.75) is 27.0 Å². The number of carbonyl (C=O) groups excluding carboxylic acids is 2. The number of hydrogen-bond acceptors (Lipinski definition) is 4.